The van der Waals surface area contributed by atoms with E-state index in [0.29, 0.717) is 16.3 Å². The number of nitrogens with zero attached hydrogens (tertiary/aromatic N) is 1. The molecule has 0 saturated carbocycles. The Morgan fingerprint density at radius 1 is 1.60 bits per heavy atom. The molecule has 0 atom stereocenters. The zero-order chi connectivity index (χ0) is 11.0. The summed E-state index contributed by atoms with van der Waals surface area (Å²) in [7, 11) is 1.49. The fraction of sp³-hybridized carbons (Fsp3) is 0.100. The summed E-state index contributed by atoms with van der Waals surface area (Å²) in [6.45, 7) is 0. The van der Waals surface area contributed by atoms with Crippen molar-refractivity contribution in [3.8, 4) is 5.75 Å². The number of carboxylic acids is 1. The van der Waals surface area contributed by atoms with Gasteiger partial charge >= 0.3 is 5.97 Å². The highest BCUT2D eigenvalue weighted by Gasteiger charge is 2.11. The Kier molecular flexibility index (Phi) is 2.28. The summed E-state index contributed by atoms with van der Waals surface area (Å²) in [5, 5.41) is 9.29. The van der Waals surface area contributed by atoms with Gasteiger partial charge in [0.25, 0.3) is 0 Å². The van der Waals surface area contributed by atoms with Crippen molar-refractivity contribution in [1.82, 2.24) is 4.40 Å². The van der Waals surface area contributed by atoms with Gasteiger partial charge in [-0.05, 0) is 12.1 Å². The molecule has 0 aliphatic heterocycles. The lowest BCUT2D eigenvalue weighted by Gasteiger charge is -2.04. The van der Waals surface area contributed by atoms with Gasteiger partial charge in [-0.2, -0.15) is 0 Å². The fourth-order valence-electron chi connectivity index (χ4n) is 1.45. The molecule has 4 nitrogen and oxygen atoms in total. The normalized spacial score (nSPS) is 10.5. The molecule has 2 aromatic rings. The molecule has 1 N–H and O–H groups in total. The number of rotatable bonds is 2. The van der Waals surface area contributed by atoms with E-state index in [0.717, 1.165) is 0 Å². The van der Waals surface area contributed by atoms with Gasteiger partial charge in [0.05, 0.1) is 23.2 Å². The first-order chi connectivity index (χ1) is 7.13. The molecule has 0 unspecified atom stereocenters. The van der Waals surface area contributed by atoms with E-state index in [1.807, 2.05) is 0 Å². The number of aromatic nitrogens is 1. The maximum Gasteiger partial charge on any atom is 0.337 e. The third-order valence-electron chi connectivity index (χ3n) is 2.13. The zero-order valence-corrected chi connectivity index (χ0v) is 8.65. The van der Waals surface area contributed by atoms with Crippen LogP contribution in [0, 0.1) is 0 Å². The molecule has 0 spiro atoms. The van der Waals surface area contributed by atoms with Crippen molar-refractivity contribution >= 4 is 23.1 Å². The summed E-state index contributed by atoms with van der Waals surface area (Å²) in [4.78, 5) is 10.8. The molecule has 0 amide bonds. The summed E-state index contributed by atoms with van der Waals surface area (Å²) in [6, 6.07) is 3.17. The van der Waals surface area contributed by atoms with Crippen molar-refractivity contribution < 1.29 is 14.6 Å². The number of aromatic carboxylic acids is 1. The number of hydrogen-bond donors (Lipinski definition) is 1. The van der Waals surface area contributed by atoms with Crippen molar-refractivity contribution in [2.24, 2.45) is 0 Å². The molecule has 15 heavy (non-hydrogen) atoms. The minimum absolute atomic E-state index is 0.204. The molecule has 0 aromatic carbocycles. The Bertz CT molecular complexity index is 533. The summed E-state index contributed by atoms with van der Waals surface area (Å²) < 4.78 is 6.77. The molecule has 2 aromatic heterocycles. The maximum atomic E-state index is 10.8. The molecule has 5 heteroatoms. The predicted octanol–water partition coefficient (Wildman–Crippen LogP) is 2.30. The van der Waals surface area contributed by atoms with Gasteiger partial charge in [-0.1, -0.05) is 11.6 Å². The largest absolute Gasteiger partial charge is 0.493 e. The van der Waals surface area contributed by atoms with Crippen LogP contribution in [0.3, 0.4) is 0 Å². The first kappa shape index (κ1) is 9.86. The van der Waals surface area contributed by atoms with Crippen LogP contribution in [0.15, 0.2) is 24.5 Å². The van der Waals surface area contributed by atoms with E-state index in [2.05, 4.69) is 0 Å². The molecule has 0 bridgehead atoms. The van der Waals surface area contributed by atoms with Gasteiger partial charge in [-0.3, -0.25) is 0 Å². The molecule has 0 radical (unpaired) electrons. The minimum atomic E-state index is -0.975. The molecule has 0 saturated heterocycles. The highest BCUT2D eigenvalue weighted by atomic mass is 35.5. The van der Waals surface area contributed by atoms with Gasteiger partial charge in [-0.15, -0.1) is 0 Å². The average molecular weight is 226 g/mol. The first-order valence-corrected chi connectivity index (χ1v) is 4.59. The van der Waals surface area contributed by atoms with Crippen LogP contribution in [-0.2, 0) is 0 Å². The van der Waals surface area contributed by atoms with E-state index in [9.17, 15) is 4.79 Å². The van der Waals surface area contributed by atoms with Crippen molar-refractivity contribution in [3.05, 3.63) is 35.1 Å². The summed E-state index contributed by atoms with van der Waals surface area (Å²) >= 11 is 5.91. The number of pyridine rings is 1. The van der Waals surface area contributed by atoms with Crippen LogP contribution < -0.4 is 4.74 Å². The van der Waals surface area contributed by atoms with Crippen LogP contribution in [0.4, 0.5) is 0 Å². The van der Waals surface area contributed by atoms with E-state index >= 15 is 0 Å². The predicted molar refractivity (Wildman–Crippen MR) is 55.9 cm³/mol. The number of carboxylic acid groups (broad SMARTS) is 1. The van der Waals surface area contributed by atoms with Crippen molar-refractivity contribution in [2.45, 2.75) is 0 Å². The van der Waals surface area contributed by atoms with E-state index < -0.39 is 5.97 Å². The SMILES string of the molecule is COc1c(Cl)ccn2cc(C(=O)O)cc12. The topological polar surface area (TPSA) is 50.9 Å². The quantitative estimate of drug-likeness (QED) is 0.853. The van der Waals surface area contributed by atoms with E-state index in [1.54, 1.807) is 16.7 Å². The third-order valence-corrected chi connectivity index (χ3v) is 2.43. The highest BCUT2D eigenvalue weighted by Crippen LogP contribution is 2.30. The van der Waals surface area contributed by atoms with Crippen molar-refractivity contribution in [2.75, 3.05) is 7.11 Å². The lowest BCUT2D eigenvalue weighted by molar-refractivity contribution is 0.0697. The van der Waals surface area contributed by atoms with Crippen LogP contribution in [0.5, 0.6) is 5.75 Å². The Hall–Kier alpha value is -1.68. The molecule has 0 aliphatic carbocycles. The molecule has 78 valence electrons. The Labute approximate surface area is 90.7 Å². The Morgan fingerprint density at radius 2 is 2.33 bits per heavy atom. The minimum Gasteiger partial charge on any atom is -0.493 e. The lowest BCUT2D eigenvalue weighted by atomic mass is 10.3. The fourth-order valence-corrected chi connectivity index (χ4v) is 1.68. The first-order valence-electron chi connectivity index (χ1n) is 4.21. The number of fused-ring (bicyclic) bond motifs is 1. The monoisotopic (exact) mass is 225 g/mol. The average Bonchev–Trinajstić information content (AvgIpc) is 2.61. The molecule has 0 aliphatic rings. The molecular formula is C10H8ClNO3. The second-order valence-electron chi connectivity index (χ2n) is 3.02. The third kappa shape index (κ3) is 1.53. The van der Waals surface area contributed by atoms with Gasteiger partial charge in [0, 0.05) is 12.4 Å². The lowest BCUT2D eigenvalue weighted by Crippen LogP contribution is -1.91. The summed E-state index contributed by atoms with van der Waals surface area (Å²) in [5.41, 5.74) is 0.845. The van der Waals surface area contributed by atoms with Crippen LogP contribution in [0.25, 0.3) is 5.52 Å². The highest BCUT2D eigenvalue weighted by molar-refractivity contribution is 6.32. The van der Waals surface area contributed by atoms with E-state index in [-0.39, 0.29) is 5.56 Å². The number of halogens is 1. The summed E-state index contributed by atoms with van der Waals surface area (Å²) in [6.07, 6.45) is 3.20. The number of ether oxygens (including phenoxy) is 1. The zero-order valence-electron chi connectivity index (χ0n) is 7.90. The van der Waals surface area contributed by atoms with E-state index in [1.165, 1.54) is 19.4 Å². The van der Waals surface area contributed by atoms with Crippen LogP contribution >= 0.6 is 11.6 Å². The van der Waals surface area contributed by atoms with E-state index in [4.69, 9.17) is 21.4 Å². The van der Waals surface area contributed by atoms with Crippen LogP contribution in [0.2, 0.25) is 5.02 Å². The molecular weight excluding hydrogens is 218 g/mol. The molecule has 0 fully saturated rings. The van der Waals surface area contributed by atoms with Crippen LogP contribution in [-0.4, -0.2) is 22.6 Å². The number of methoxy groups -OCH3 is 1. The summed E-state index contributed by atoms with van der Waals surface area (Å²) in [5.74, 6) is -0.497. The van der Waals surface area contributed by atoms with Gasteiger partial charge in [-0.25, -0.2) is 4.79 Å². The standard InChI is InChI=1S/C10H8ClNO3/c1-15-9-7(11)2-3-12-5-6(10(13)14)4-8(9)12/h2-5H,1H3,(H,13,14). The van der Waals surface area contributed by atoms with Crippen molar-refractivity contribution in [1.29, 1.82) is 0 Å². The Morgan fingerprint density at radius 3 is 2.93 bits per heavy atom. The van der Waals surface area contributed by atoms with Gasteiger partial charge in [0.1, 0.15) is 0 Å². The van der Waals surface area contributed by atoms with Crippen molar-refractivity contribution in [3.63, 3.8) is 0 Å². The number of hydrogen-bond acceptors (Lipinski definition) is 2. The maximum absolute atomic E-state index is 10.8. The smallest absolute Gasteiger partial charge is 0.337 e. The van der Waals surface area contributed by atoms with Gasteiger partial charge < -0.3 is 14.2 Å². The second kappa shape index (κ2) is 3.47. The Balaban J connectivity index is 2.75. The van der Waals surface area contributed by atoms with Crippen LogP contribution in [0.1, 0.15) is 10.4 Å². The van der Waals surface area contributed by atoms with Gasteiger partial charge in [0.15, 0.2) is 5.75 Å². The van der Waals surface area contributed by atoms with Gasteiger partial charge in [0.2, 0.25) is 0 Å². The number of carbonyl (C=O) groups is 1. The molecule has 2 rings (SSSR count). The second-order valence-corrected chi connectivity index (χ2v) is 3.43. The molecule has 2 heterocycles.